The smallest absolute Gasteiger partial charge is 0.259 e. The summed E-state index contributed by atoms with van der Waals surface area (Å²) in [4.78, 5) is 28.1. The van der Waals surface area contributed by atoms with Crippen LogP contribution in [0, 0.1) is 17.7 Å². The Kier molecular flexibility index (Phi) is 6.62. The molecule has 3 atom stereocenters. The highest BCUT2D eigenvalue weighted by atomic mass is 32.2. The molecule has 6 nitrogen and oxygen atoms in total. The Labute approximate surface area is 216 Å². The zero-order valence-electron chi connectivity index (χ0n) is 20.8. The monoisotopic (exact) mass is 520 g/mol. The highest BCUT2D eigenvalue weighted by Crippen LogP contribution is 2.38. The first kappa shape index (κ1) is 25.1. The number of benzene rings is 3. The molecular formula is C29H29FN2O4S. The Bertz CT molecular complexity index is 1490. The molecule has 0 bridgehead atoms. The van der Waals surface area contributed by atoms with E-state index in [1.165, 1.54) is 41.3 Å². The third-order valence-corrected chi connectivity index (χ3v) is 9.62. The van der Waals surface area contributed by atoms with Crippen LogP contribution in [0.15, 0.2) is 76.5 Å². The number of nitrogens with one attached hydrogen (secondary N) is 1. The van der Waals surface area contributed by atoms with E-state index < -0.39 is 21.6 Å². The minimum atomic E-state index is -4.08. The highest BCUT2D eigenvalue weighted by Gasteiger charge is 2.36. The van der Waals surface area contributed by atoms with Crippen LogP contribution < -0.4 is 10.2 Å². The van der Waals surface area contributed by atoms with Gasteiger partial charge in [0.1, 0.15) is 5.82 Å². The van der Waals surface area contributed by atoms with Crippen LogP contribution in [-0.2, 0) is 16.4 Å². The van der Waals surface area contributed by atoms with Gasteiger partial charge < -0.3 is 10.2 Å². The van der Waals surface area contributed by atoms with E-state index in [0.29, 0.717) is 11.8 Å². The van der Waals surface area contributed by atoms with Crippen molar-refractivity contribution in [1.82, 2.24) is 5.32 Å². The topological polar surface area (TPSA) is 83.6 Å². The Balaban J connectivity index is 1.60. The van der Waals surface area contributed by atoms with E-state index in [4.69, 9.17) is 0 Å². The van der Waals surface area contributed by atoms with Crippen molar-refractivity contribution >= 4 is 27.3 Å². The lowest BCUT2D eigenvalue weighted by Gasteiger charge is -2.34. The van der Waals surface area contributed by atoms with Gasteiger partial charge in [-0.1, -0.05) is 57.0 Å². The lowest BCUT2D eigenvalue weighted by atomic mass is 9.78. The molecular weight excluding hydrogens is 491 g/mol. The number of sulfone groups is 1. The minimum Gasteiger partial charge on any atom is -0.349 e. The fourth-order valence-corrected chi connectivity index (χ4v) is 6.97. The average molecular weight is 521 g/mol. The van der Waals surface area contributed by atoms with Gasteiger partial charge in [-0.25, -0.2) is 12.8 Å². The third-order valence-electron chi connectivity index (χ3n) is 7.76. The van der Waals surface area contributed by atoms with Crippen molar-refractivity contribution in [2.45, 2.75) is 55.5 Å². The molecule has 0 saturated heterocycles. The first-order chi connectivity index (χ1) is 17.7. The highest BCUT2D eigenvalue weighted by molar-refractivity contribution is 7.91. The molecule has 0 aromatic heterocycles. The van der Waals surface area contributed by atoms with Gasteiger partial charge in [-0.2, -0.15) is 0 Å². The van der Waals surface area contributed by atoms with E-state index in [2.05, 4.69) is 19.2 Å². The quantitative estimate of drug-likeness (QED) is 0.501. The normalized spacial score (nSPS) is 22.5. The molecule has 3 aromatic rings. The number of anilines is 1. The van der Waals surface area contributed by atoms with Crippen molar-refractivity contribution in [1.29, 1.82) is 0 Å². The van der Waals surface area contributed by atoms with Gasteiger partial charge >= 0.3 is 0 Å². The molecule has 8 heteroatoms. The summed E-state index contributed by atoms with van der Waals surface area (Å²) in [6.45, 7) is 4.12. The van der Waals surface area contributed by atoms with Crippen molar-refractivity contribution in [2.75, 3.05) is 4.90 Å². The predicted molar refractivity (Wildman–Crippen MR) is 139 cm³/mol. The maximum atomic E-state index is 14.6. The van der Waals surface area contributed by atoms with Crippen molar-refractivity contribution in [3.8, 4) is 0 Å². The molecule has 1 heterocycles. The van der Waals surface area contributed by atoms with Crippen LogP contribution in [0.3, 0.4) is 0 Å². The zero-order valence-corrected chi connectivity index (χ0v) is 21.6. The summed E-state index contributed by atoms with van der Waals surface area (Å²) in [5, 5.41) is 3.11. The molecule has 3 aromatic carbocycles. The van der Waals surface area contributed by atoms with Crippen LogP contribution in [0.4, 0.5) is 10.1 Å². The van der Waals surface area contributed by atoms with Gasteiger partial charge in [-0.3, -0.25) is 9.59 Å². The lowest BCUT2D eigenvalue weighted by molar-refractivity contribution is 0.0889. The number of carbonyl (C=O) groups excluding carboxylic acids is 2. The SMILES string of the molecule is C[C@@H]1[C@H](C)CCC[C@@H]1NC(=O)c1ccc2c(c1)N(Cc1ccccc1F)C(=O)c1ccccc1S2(=O)=O. The van der Waals surface area contributed by atoms with Crippen molar-refractivity contribution in [2.24, 2.45) is 11.8 Å². The van der Waals surface area contributed by atoms with Crippen LogP contribution in [-0.4, -0.2) is 26.3 Å². The van der Waals surface area contributed by atoms with Gasteiger partial charge in [-0.15, -0.1) is 0 Å². The van der Waals surface area contributed by atoms with Crippen molar-refractivity contribution in [3.63, 3.8) is 0 Å². The van der Waals surface area contributed by atoms with Gasteiger partial charge in [0.05, 0.1) is 27.6 Å². The Hall–Kier alpha value is -3.52. The summed E-state index contributed by atoms with van der Waals surface area (Å²) in [5.41, 5.74) is 0.545. The molecule has 0 unspecified atom stereocenters. The van der Waals surface area contributed by atoms with E-state index in [-0.39, 0.29) is 50.7 Å². The number of hydrogen-bond acceptors (Lipinski definition) is 4. The van der Waals surface area contributed by atoms with Crippen molar-refractivity contribution < 1.29 is 22.4 Å². The molecule has 1 saturated carbocycles. The first-order valence-corrected chi connectivity index (χ1v) is 14.0. The maximum absolute atomic E-state index is 14.6. The molecule has 1 aliphatic heterocycles. The second kappa shape index (κ2) is 9.74. The fourth-order valence-electron chi connectivity index (χ4n) is 5.34. The van der Waals surface area contributed by atoms with Crippen LogP contribution >= 0.6 is 0 Å². The van der Waals surface area contributed by atoms with E-state index in [1.807, 2.05) is 0 Å². The average Bonchev–Trinajstić information content (AvgIpc) is 2.96. The lowest BCUT2D eigenvalue weighted by Crippen LogP contribution is -2.43. The standard InChI is InChI=1S/C29H29FN2O4S/c1-18-8-7-12-24(19(18)2)31-28(33)20-14-15-27-25(16-20)32(17-21-9-3-5-11-23(21)30)29(34)22-10-4-6-13-26(22)37(27,35)36/h3-6,9-11,13-16,18-19,24H,7-8,12,17H2,1-2H3,(H,31,33)/t18-,19-,24+/m1/s1. The Morgan fingerprint density at radius 3 is 2.51 bits per heavy atom. The number of fused-ring (bicyclic) bond motifs is 2. The van der Waals surface area contributed by atoms with Gasteiger partial charge in [-0.05, 0) is 54.7 Å². The van der Waals surface area contributed by atoms with Crippen molar-refractivity contribution in [3.05, 3.63) is 89.2 Å². The van der Waals surface area contributed by atoms with Crippen LogP contribution in [0.25, 0.3) is 0 Å². The molecule has 2 amide bonds. The van der Waals surface area contributed by atoms with Gasteiger partial charge in [0.15, 0.2) is 0 Å². The van der Waals surface area contributed by atoms with Gasteiger partial charge in [0.25, 0.3) is 11.8 Å². The summed E-state index contributed by atoms with van der Waals surface area (Å²) in [5.74, 6) is -0.609. The summed E-state index contributed by atoms with van der Waals surface area (Å²) >= 11 is 0. The summed E-state index contributed by atoms with van der Waals surface area (Å²) in [7, 11) is -4.08. The number of carbonyl (C=O) groups is 2. The number of hydrogen-bond donors (Lipinski definition) is 1. The molecule has 5 rings (SSSR count). The zero-order chi connectivity index (χ0) is 26.3. The third kappa shape index (κ3) is 4.55. The summed E-state index contributed by atoms with van der Waals surface area (Å²) in [6.07, 6.45) is 3.03. The minimum absolute atomic E-state index is 0.00561. The predicted octanol–water partition coefficient (Wildman–Crippen LogP) is 5.37. The number of nitrogens with zero attached hydrogens (tertiary/aromatic N) is 1. The molecule has 2 aliphatic rings. The van der Waals surface area contributed by atoms with Crippen LogP contribution in [0.2, 0.25) is 0 Å². The number of amides is 2. The molecule has 192 valence electrons. The summed E-state index contributed by atoms with van der Waals surface area (Å²) in [6, 6.07) is 16.3. The van der Waals surface area contributed by atoms with Crippen LogP contribution in [0.5, 0.6) is 0 Å². The second-order valence-electron chi connectivity index (χ2n) is 10.0. The Morgan fingerprint density at radius 1 is 1.00 bits per heavy atom. The van der Waals surface area contributed by atoms with Gasteiger partial charge in [0, 0.05) is 17.2 Å². The fraction of sp³-hybridized carbons (Fsp3) is 0.310. The largest absolute Gasteiger partial charge is 0.349 e. The number of halogens is 1. The first-order valence-electron chi connectivity index (χ1n) is 12.5. The molecule has 0 radical (unpaired) electrons. The molecule has 1 N–H and O–H groups in total. The maximum Gasteiger partial charge on any atom is 0.259 e. The van der Waals surface area contributed by atoms with E-state index in [1.54, 1.807) is 30.3 Å². The summed E-state index contributed by atoms with van der Waals surface area (Å²) < 4.78 is 41.9. The number of rotatable bonds is 4. The molecule has 1 aliphatic carbocycles. The molecule has 37 heavy (non-hydrogen) atoms. The van der Waals surface area contributed by atoms with Crippen LogP contribution in [0.1, 0.15) is 59.4 Å². The Morgan fingerprint density at radius 2 is 1.73 bits per heavy atom. The van der Waals surface area contributed by atoms with E-state index >= 15 is 0 Å². The second-order valence-corrected chi connectivity index (χ2v) is 11.9. The van der Waals surface area contributed by atoms with E-state index in [9.17, 15) is 22.4 Å². The molecule has 0 spiro atoms. The van der Waals surface area contributed by atoms with E-state index in [0.717, 1.165) is 19.3 Å². The molecule has 1 fully saturated rings. The van der Waals surface area contributed by atoms with Gasteiger partial charge in [0.2, 0.25) is 9.84 Å².